The number of carbonyl (C=O) groups is 1. The molecule has 0 saturated heterocycles. The molecule has 1 aromatic heterocycles. The van der Waals surface area contributed by atoms with Crippen molar-refractivity contribution in [3.63, 3.8) is 0 Å². The lowest BCUT2D eigenvalue weighted by atomic mass is 10.3. The highest BCUT2D eigenvalue weighted by Gasteiger charge is 2.14. The van der Waals surface area contributed by atoms with E-state index in [0.717, 1.165) is 10.7 Å². The minimum Gasteiger partial charge on any atom is -0.340 e. The molecule has 0 spiro atoms. The predicted octanol–water partition coefficient (Wildman–Crippen LogP) is 1.84. The van der Waals surface area contributed by atoms with Gasteiger partial charge in [-0.05, 0) is 19.9 Å². The van der Waals surface area contributed by atoms with Crippen molar-refractivity contribution in [2.45, 2.75) is 31.7 Å². The van der Waals surface area contributed by atoms with Gasteiger partial charge in [-0.15, -0.1) is 0 Å². The molecule has 0 atom stereocenters. The number of aryl methyl sites for hydroxylation is 2. The number of hydrogen-bond acceptors (Lipinski definition) is 6. The molecule has 0 saturated carbocycles. The molecule has 110 valence electrons. The van der Waals surface area contributed by atoms with Crippen molar-refractivity contribution >= 4 is 17.7 Å². The molecule has 1 rings (SSSR count). The summed E-state index contributed by atoms with van der Waals surface area (Å²) in [4.78, 5) is 22.1. The van der Waals surface area contributed by atoms with Crippen LogP contribution in [0.4, 0.5) is 0 Å². The minimum atomic E-state index is -0.0839. The number of hydrogen-bond donors (Lipinski definition) is 0. The fraction of sp³-hybridized carbons (Fsp3) is 0.500. The summed E-state index contributed by atoms with van der Waals surface area (Å²) in [6.07, 6.45) is 0.543. The van der Waals surface area contributed by atoms with E-state index in [1.54, 1.807) is 4.90 Å². The third-order valence-electron chi connectivity index (χ3n) is 2.63. The van der Waals surface area contributed by atoms with Crippen LogP contribution in [-0.2, 0) is 4.79 Å². The maximum absolute atomic E-state index is 12.1. The fourth-order valence-corrected chi connectivity index (χ4v) is 2.62. The standard InChI is InChI=1S/C14H17N5OS/c1-11-9-13(18-12(2)17-11)21-10-14(20)19(7-3-5-15)8-4-6-16/h9H,3-4,7-8,10H2,1-2H3. The second-order valence-corrected chi connectivity index (χ2v) is 5.38. The average Bonchev–Trinajstić information content (AvgIpc) is 2.44. The monoisotopic (exact) mass is 303 g/mol. The van der Waals surface area contributed by atoms with Gasteiger partial charge in [-0.3, -0.25) is 4.79 Å². The SMILES string of the molecule is Cc1cc(SCC(=O)N(CCC#N)CCC#N)nc(C)n1. The van der Waals surface area contributed by atoms with Gasteiger partial charge in [0, 0.05) is 18.8 Å². The van der Waals surface area contributed by atoms with Crippen LogP contribution in [0.2, 0.25) is 0 Å². The topological polar surface area (TPSA) is 93.7 Å². The normalized spacial score (nSPS) is 9.71. The minimum absolute atomic E-state index is 0.0839. The van der Waals surface area contributed by atoms with Gasteiger partial charge in [0.1, 0.15) is 10.9 Å². The molecule has 0 aliphatic heterocycles. The highest BCUT2D eigenvalue weighted by atomic mass is 32.2. The molecule has 0 radical (unpaired) electrons. The summed E-state index contributed by atoms with van der Waals surface area (Å²) in [5.74, 6) is 0.836. The van der Waals surface area contributed by atoms with Gasteiger partial charge in [-0.25, -0.2) is 9.97 Å². The lowest BCUT2D eigenvalue weighted by Crippen LogP contribution is -2.34. The van der Waals surface area contributed by atoms with Crippen LogP contribution in [-0.4, -0.2) is 39.6 Å². The van der Waals surface area contributed by atoms with Crippen LogP contribution in [0, 0.1) is 36.5 Å². The molecular formula is C14H17N5OS. The van der Waals surface area contributed by atoms with Crippen LogP contribution < -0.4 is 0 Å². The molecule has 0 N–H and O–H groups in total. The highest BCUT2D eigenvalue weighted by Crippen LogP contribution is 2.17. The van der Waals surface area contributed by atoms with Crippen molar-refractivity contribution < 1.29 is 4.79 Å². The van der Waals surface area contributed by atoms with Crippen molar-refractivity contribution in [3.05, 3.63) is 17.6 Å². The first-order valence-corrected chi connectivity index (χ1v) is 7.52. The third-order valence-corrected chi connectivity index (χ3v) is 3.52. The van der Waals surface area contributed by atoms with Crippen molar-refractivity contribution in [2.75, 3.05) is 18.8 Å². The highest BCUT2D eigenvalue weighted by molar-refractivity contribution is 7.99. The van der Waals surface area contributed by atoms with Gasteiger partial charge in [0.25, 0.3) is 0 Å². The summed E-state index contributed by atoms with van der Waals surface area (Å²) in [6.45, 7) is 4.41. The molecular weight excluding hydrogens is 286 g/mol. The molecule has 0 bridgehead atoms. The van der Waals surface area contributed by atoms with E-state index in [2.05, 4.69) is 9.97 Å². The van der Waals surface area contributed by atoms with E-state index >= 15 is 0 Å². The van der Waals surface area contributed by atoms with Gasteiger partial charge < -0.3 is 4.90 Å². The van der Waals surface area contributed by atoms with E-state index in [9.17, 15) is 4.79 Å². The molecule has 0 aromatic carbocycles. The maximum atomic E-state index is 12.1. The number of carbonyl (C=O) groups excluding carboxylic acids is 1. The molecule has 0 unspecified atom stereocenters. The molecule has 6 nitrogen and oxygen atoms in total. The van der Waals surface area contributed by atoms with Crippen LogP contribution in [0.15, 0.2) is 11.1 Å². The number of nitriles is 2. The van der Waals surface area contributed by atoms with Gasteiger partial charge in [0.2, 0.25) is 5.91 Å². The van der Waals surface area contributed by atoms with E-state index in [1.807, 2.05) is 32.1 Å². The third kappa shape index (κ3) is 6.24. The number of rotatable bonds is 7. The number of nitrogens with zero attached hydrogens (tertiary/aromatic N) is 5. The molecule has 1 amide bonds. The first-order chi connectivity index (χ1) is 10.1. The van der Waals surface area contributed by atoms with Gasteiger partial charge >= 0.3 is 0 Å². The fourth-order valence-electron chi connectivity index (χ4n) is 1.71. The lowest BCUT2D eigenvalue weighted by molar-refractivity contribution is -0.128. The molecule has 0 aliphatic carbocycles. The van der Waals surface area contributed by atoms with Crippen LogP contribution in [0.25, 0.3) is 0 Å². The summed E-state index contributed by atoms with van der Waals surface area (Å²) in [6, 6.07) is 5.86. The molecule has 1 aromatic rings. The van der Waals surface area contributed by atoms with Crippen molar-refractivity contribution in [3.8, 4) is 12.1 Å². The van der Waals surface area contributed by atoms with Gasteiger partial charge in [0.05, 0.1) is 30.7 Å². The van der Waals surface area contributed by atoms with E-state index < -0.39 is 0 Å². The van der Waals surface area contributed by atoms with Crippen LogP contribution in [0.1, 0.15) is 24.4 Å². The van der Waals surface area contributed by atoms with Crippen molar-refractivity contribution in [2.24, 2.45) is 0 Å². The Balaban J connectivity index is 2.60. The number of aromatic nitrogens is 2. The molecule has 1 heterocycles. The van der Waals surface area contributed by atoms with Crippen LogP contribution in [0.3, 0.4) is 0 Å². The van der Waals surface area contributed by atoms with Crippen molar-refractivity contribution in [1.29, 1.82) is 10.5 Å². The zero-order valence-electron chi connectivity index (χ0n) is 12.2. The van der Waals surface area contributed by atoms with Crippen LogP contribution in [0.5, 0.6) is 0 Å². The smallest absolute Gasteiger partial charge is 0.233 e. The number of thioether (sulfide) groups is 1. The summed E-state index contributed by atoms with van der Waals surface area (Å²) in [5.41, 5.74) is 0.864. The second-order valence-electron chi connectivity index (χ2n) is 4.38. The van der Waals surface area contributed by atoms with Gasteiger partial charge in [-0.2, -0.15) is 10.5 Å². The first kappa shape index (κ1) is 16.9. The Kier molecular flexibility index (Phi) is 7.20. The molecule has 0 fully saturated rings. The van der Waals surface area contributed by atoms with E-state index in [1.165, 1.54) is 11.8 Å². The van der Waals surface area contributed by atoms with E-state index in [4.69, 9.17) is 10.5 Å². The Bertz CT molecular complexity index is 537. The Hall–Kier alpha value is -2.12. The molecule has 0 aliphatic rings. The summed E-state index contributed by atoms with van der Waals surface area (Å²) < 4.78 is 0. The first-order valence-electron chi connectivity index (χ1n) is 6.53. The summed E-state index contributed by atoms with van der Waals surface area (Å²) >= 11 is 1.34. The van der Waals surface area contributed by atoms with Crippen LogP contribution >= 0.6 is 11.8 Å². The van der Waals surface area contributed by atoms with E-state index in [0.29, 0.717) is 18.9 Å². The Morgan fingerprint density at radius 3 is 2.38 bits per heavy atom. The average molecular weight is 303 g/mol. The lowest BCUT2D eigenvalue weighted by Gasteiger charge is -2.20. The Morgan fingerprint density at radius 2 is 1.86 bits per heavy atom. The summed E-state index contributed by atoms with van der Waals surface area (Å²) in [5, 5.41) is 18.0. The van der Waals surface area contributed by atoms with Crippen molar-refractivity contribution in [1.82, 2.24) is 14.9 Å². The number of amides is 1. The predicted molar refractivity (Wildman–Crippen MR) is 79.3 cm³/mol. The second kappa shape index (κ2) is 8.93. The van der Waals surface area contributed by atoms with Gasteiger partial charge in [-0.1, -0.05) is 11.8 Å². The molecule has 21 heavy (non-hydrogen) atoms. The zero-order valence-corrected chi connectivity index (χ0v) is 13.0. The largest absolute Gasteiger partial charge is 0.340 e. The quantitative estimate of drug-likeness (QED) is 0.563. The molecule has 7 heteroatoms. The maximum Gasteiger partial charge on any atom is 0.233 e. The Morgan fingerprint density at radius 1 is 1.24 bits per heavy atom. The zero-order chi connectivity index (χ0) is 15.7. The summed E-state index contributed by atoms with van der Waals surface area (Å²) in [7, 11) is 0. The Labute approximate surface area is 128 Å². The van der Waals surface area contributed by atoms with Gasteiger partial charge in [0.15, 0.2) is 0 Å². The van der Waals surface area contributed by atoms with E-state index in [-0.39, 0.29) is 24.5 Å².